The molecule has 0 aliphatic rings. The lowest BCUT2D eigenvalue weighted by molar-refractivity contribution is 0.428. The fourth-order valence-corrected chi connectivity index (χ4v) is 3.22. The Kier molecular flexibility index (Phi) is 4.44. The minimum atomic E-state index is 0.429. The van der Waals surface area contributed by atoms with Crippen LogP contribution in [0.2, 0.25) is 0 Å². The third-order valence-corrected chi connectivity index (χ3v) is 4.09. The third kappa shape index (κ3) is 2.94. The van der Waals surface area contributed by atoms with Gasteiger partial charge >= 0.3 is 0 Å². The summed E-state index contributed by atoms with van der Waals surface area (Å²) in [6.07, 6.45) is 5.29. The summed E-state index contributed by atoms with van der Waals surface area (Å²) in [5.74, 6) is 0.587. The molecule has 0 saturated heterocycles. The topological polar surface area (TPSA) is 37.8 Å². The van der Waals surface area contributed by atoms with Gasteiger partial charge < -0.3 is 5.32 Å². The first-order chi connectivity index (χ1) is 8.72. The normalized spacial score (nSPS) is 12.9. The van der Waals surface area contributed by atoms with Crippen LogP contribution in [0.15, 0.2) is 30.9 Å². The molecule has 0 aliphatic heterocycles. The van der Waals surface area contributed by atoms with E-state index in [1.54, 1.807) is 6.33 Å². The number of nitrogens with one attached hydrogen (secondary N) is 1. The SMILES string of the molecule is CCNC(c1ccc(-c2cncnc2)s1)C(C)C. The molecule has 4 heteroatoms. The maximum Gasteiger partial charge on any atom is 0.115 e. The monoisotopic (exact) mass is 261 g/mol. The molecule has 3 nitrogen and oxygen atoms in total. The zero-order valence-electron chi connectivity index (χ0n) is 11.1. The molecule has 0 radical (unpaired) electrons. The molecule has 2 heterocycles. The Morgan fingerprint density at radius 3 is 2.56 bits per heavy atom. The van der Waals surface area contributed by atoms with E-state index in [0.29, 0.717) is 12.0 Å². The number of aromatic nitrogens is 2. The smallest absolute Gasteiger partial charge is 0.115 e. The van der Waals surface area contributed by atoms with Crippen LogP contribution in [0.4, 0.5) is 0 Å². The molecule has 0 amide bonds. The van der Waals surface area contributed by atoms with Crippen molar-refractivity contribution < 1.29 is 0 Å². The van der Waals surface area contributed by atoms with Crippen molar-refractivity contribution in [2.45, 2.75) is 26.8 Å². The van der Waals surface area contributed by atoms with Gasteiger partial charge in [0.05, 0.1) is 0 Å². The van der Waals surface area contributed by atoms with E-state index in [4.69, 9.17) is 0 Å². The van der Waals surface area contributed by atoms with E-state index < -0.39 is 0 Å². The Morgan fingerprint density at radius 1 is 1.22 bits per heavy atom. The van der Waals surface area contributed by atoms with Crippen molar-refractivity contribution in [2.24, 2.45) is 5.92 Å². The van der Waals surface area contributed by atoms with Crippen molar-refractivity contribution in [3.05, 3.63) is 35.7 Å². The van der Waals surface area contributed by atoms with Crippen molar-refractivity contribution in [3.63, 3.8) is 0 Å². The summed E-state index contributed by atoms with van der Waals surface area (Å²) in [6.45, 7) is 7.64. The highest BCUT2D eigenvalue weighted by Crippen LogP contribution is 2.33. The maximum absolute atomic E-state index is 4.07. The molecule has 0 spiro atoms. The summed E-state index contributed by atoms with van der Waals surface area (Å²) in [7, 11) is 0. The molecule has 96 valence electrons. The van der Waals surface area contributed by atoms with Crippen molar-refractivity contribution in [1.29, 1.82) is 0 Å². The molecule has 1 N–H and O–H groups in total. The molecule has 1 atom stereocenters. The molecule has 0 aliphatic carbocycles. The second-order valence-electron chi connectivity index (χ2n) is 4.61. The summed E-state index contributed by atoms with van der Waals surface area (Å²) in [4.78, 5) is 10.7. The lowest BCUT2D eigenvalue weighted by atomic mass is 10.0. The van der Waals surface area contributed by atoms with Gasteiger partial charge in [-0.2, -0.15) is 0 Å². The summed E-state index contributed by atoms with van der Waals surface area (Å²) in [6, 6.07) is 4.80. The quantitative estimate of drug-likeness (QED) is 0.895. The number of thiophene rings is 1. The molecule has 0 fully saturated rings. The van der Waals surface area contributed by atoms with E-state index in [9.17, 15) is 0 Å². The highest BCUT2D eigenvalue weighted by molar-refractivity contribution is 7.15. The summed E-state index contributed by atoms with van der Waals surface area (Å²) in [5.41, 5.74) is 1.09. The van der Waals surface area contributed by atoms with Crippen LogP contribution >= 0.6 is 11.3 Å². The maximum atomic E-state index is 4.07. The molecule has 0 saturated carbocycles. The van der Waals surface area contributed by atoms with Crippen LogP contribution in [0.25, 0.3) is 10.4 Å². The average Bonchev–Trinajstić information content (AvgIpc) is 2.86. The molecular weight excluding hydrogens is 242 g/mol. The van der Waals surface area contributed by atoms with Crippen LogP contribution in [-0.2, 0) is 0 Å². The van der Waals surface area contributed by atoms with Crippen LogP contribution < -0.4 is 5.32 Å². The number of nitrogens with zero attached hydrogens (tertiary/aromatic N) is 2. The zero-order valence-corrected chi connectivity index (χ0v) is 11.9. The lowest BCUT2D eigenvalue weighted by Crippen LogP contribution is -2.24. The van der Waals surface area contributed by atoms with Gasteiger partial charge in [0.1, 0.15) is 6.33 Å². The van der Waals surface area contributed by atoms with Gasteiger partial charge in [-0.25, -0.2) is 9.97 Å². The fourth-order valence-electron chi connectivity index (χ4n) is 1.99. The van der Waals surface area contributed by atoms with Crippen molar-refractivity contribution in [3.8, 4) is 10.4 Å². The van der Waals surface area contributed by atoms with E-state index in [1.807, 2.05) is 23.7 Å². The highest BCUT2D eigenvalue weighted by atomic mass is 32.1. The van der Waals surface area contributed by atoms with Crippen LogP contribution in [0.1, 0.15) is 31.7 Å². The van der Waals surface area contributed by atoms with Gasteiger partial charge in [-0.1, -0.05) is 20.8 Å². The van der Waals surface area contributed by atoms with Crippen LogP contribution in [-0.4, -0.2) is 16.5 Å². The molecule has 2 aromatic rings. The van der Waals surface area contributed by atoms with Crippen molar-refractivity contribution >= 4 is 11.3 Å². The largest absolute Gasteiger partial charge is 0.309 e. The Balaban J connectivity index is 2.24. The van der Waals surface area contributed by atoms with Gasteiger partial charge in [0.15, 0.2) is 0 Å². The fraction of sp³-hybridized carbons (Fsp3) is 0.429. The zero-order chi connectivity index (χ0) is 13.0. The summed E-state index contributed by atoms with van der Waals surface area (Å²) >= 11 is 1.82. The van der Waals surface area contributed by atoms with Crippen LogP contribution in [0, 0.1) is 5.92 Å². The standard InChI is InChI=1S/C14H19N3S/c1-4-17-14(10(2)3)13-6-5-12(18-13)11-7-15-9-16-8-11/h5-10,14,17H,4H2,1-3H3. The van der Waals surface area contributed by atoms with Gasteiger partial charge in [-0.3, -0.25) is 0 Å². The van der Waals surface area contributed by atoms with Gasteiger partial charge in [0.2, 0.25) is 0 Å². The second kappa shape index (κ2) is 6.07. The first-order valence-corrected chi connectivity index (χ1v) is 7.12. The Labute approximate surface area is 112 Å². The van der Waals surface area contributed by atoms with Gasteiger partial charge in [0, 0.05) is 33.8 Å². The summed E-state index contributed by atoms with van der Waals surface area (Å²) < 4.78 is 0. The molecule has 18 heavy (non-hydrogen) atoms. The first-order valence-electron chi connectivity index (χ1n) is 6.31. The van der Waals surface area contributed by atoms with E-state index in [0.717, 1.165) is 12.1 Å². The molecule has 2 aromatic heterocycles. The number of rotatable bonds is 5. The van der Waals surface area contributed by atoms with E-state index in [2.05, 4.69) is 48.2 Å². The number of hydrogen-bond acceptors (Lipinski definition) is 4. The predicted octanol–water partition coefficient (Wildman–Crippen LogP) is 3.51. The van der Waals surface area contributed by atoms with E-state index in [-0.39, 0.29) is 0 Å². The van der Waals surface area contributed by atoms with Crippen molar-refractivity contribution in [2.75, 3.05) is 6.54 Å². The third-order valence-electron chi connectivity index (χ3n) is 2.87. The summed E-state index contributed by atoms with van der Waals surface area (Å²) in [5, 5.41) is 3.54. The molecule has 1 unspecified atom stereocenters. The highest BCUT2D eigenvalue weighted by Gasteiger charge is 2.16. The minimum absolute atomic E-state index is 0.429. The molecular formula is C14H19N3S. The average molecular weight is 261 g/mol. The first kappa shape index (κ1) is 13.2. The molecule has 2 rings (SSSR count). The van der Waals surface area contributed by atoms with Crippen LogP contribution in [0.3, 0.4) is 0 Å². The lowest BCUT2D eigenvalue weighted by Gasteiger charge is -2.20. The van der Waals surface area contributed by atoms with Crippen molar-refractivity contribution in [1.82, 2.24) is 15.3 Å². The Bertz CT molecular complexity index is 479. The van der Waals surface area contributed by atoms with Gasteiger partial charge in [-0.05, 0) is 24.6 Å². The predicted molar refractivity (Wildman–Crippen MR) is 76.6 cm³/mol. The molecule has 0 bridgehead atoms. The molecule has 0 aromatic carbocycles. The van der Waals surface area contributed by atoms with Gasteiger partial charge in [-0.15, -0.1) is 11.3 Å². The minimum Gasteiger partial charge on any atom is -0.309 e. The van der Waals surface area contributed by atoms with Gasteiger partial charge in [0.25, 0.3) is 0 Å². The van der Waals surface area contributed by atoms with Crippen LogP contribution in [0.5, 0.6) is 0 Å². The Morgan fingerprint density at radius 2 is 1.94 bits per heavy atom. The Hall–Kier alpha value is -1.26. The van der Waals surface area contributed by atoms with E-state index in [1.165, 1.54) is 9.75 Å². The van der Waals surface area contributed by atoms with E-state index >= 15 is 0 Å². The number of hydrogen-bond donors (Lipinski definition) is 1. The second-order valence-corrected chi connectivity index (χ2v) is 5.72.